The minimum Gasteiger partial charge on any atom is -0.445 e. The maximum Gasteiger partial charge on any atom is 0.410 e. The van der Waals surface area contributed by atoms with Gasteiger partial charge in [-0.3, -0.25) is 0 Å². The highest BCUT2D eigenvalue weighted by Crippen LogP contribution is 2.16. The summed E-state index contributed by atoms with van der Waals surface area (Å²) < 4.78 is 5.27. The second-order valence-corrected chi connectivity index (χ2v) is 4.68. The van der Waals surface area contributed by atoms with Crippen LogP contribution in [0.25, 0.3) is 0 Å². The summed E-state index contributed by atoms with van der Waals surface area (Å²) in [6, 6.07) is 9.64. The normalized spacial score (nSPS) is 19.6. The monoisotopic (exact) mass is 249 g/mol. The number of benzene rings is 1. The van der Waals surface area contributed by atoms with E-state index in [9.17, 15) is 4.79 Å². The van der Waals surface area contributed by atoms with Crippen LogP contribution in [-0.2, 0) is 11.3 Å². The van der Waals surface area contributed by atoms with E-state index in [4.69, 9.17) is 9.84 Å². The van der Waals surface area contributed by atoms with Crippen molar-refractivity contribution in [2.45, 2.75) is 19.4 Å². The number of amides is 1. The SMILES string of the molecule is O=C(OCc1ccccc1)N1CCC[C@@H](CO)C1. The van der Waals surface area contributed by atoms with Crippen LogP contribution in [0.5, 0.6) is 0 Å². The highest BCUT2D eigenvalue weighted by atomic mass is 16.6. The summed E-state index contributed by atoms with van der Waals surface area (Å²) in [6.07, 6.45) is 1.64. The van der Waals surface area contributed by atoms with Gasteiger partial charge in [-0.25, -0.2) is 4.79 Å². The number of ether oxygens (including phenoxy) is 1. The predicted octanol–water partition coefficient (Wildman–Crippen LogP) is 2.03. The first kappa shape index (κ1) is 12.9. The fourth-order valence-electron chi connectivity index (χ4n) is 2.19. The van der Waals surface area contributed by atoms with Crippen molar-refractivity contribution in [2.75, 3.05) is 19.7 Å². The summed E-state index contributed by atoms with van der Waals surface area (Å²) in [5.74, 6) is 0.197. The highest BCUT2D eigenvalue weighted by molar-refractivity contribution is 5.67. The molecule has 1 amide bonds. The van der Waals surface area contributed by atoms with Crippen LogP contribution in [0.4, 0.5) is 4.79 Å². The molecule has 1 saturated heterocycles. The van der Waals surface area contributed by atoms with Crippen LogP contribution in [0.15, 0.2) is 30.3 Å². The maximum atomic E-state index is 11.9. The van der Waals surface area contributed by atoms with Crippen LogP contribution in [0, 0.1) is 5.92 Å². The smallest absolute Gasteiger partial charge is 0.410 e. The Morgan fingerprint density at radius 2 is 2.17 bits per heavy atom. The first-order chi connectivity index (χ1) is 8.79. The van der Waals surface area contributed by atoms with Crippen LogP contribution in [0.2, 0.25) is 0 Å². The Balaban J connectivity index is 1.81. The predicted molar refractivity (Wildman–Crippen MR) is 68.0 cm³/mol. The van der Waals surface area contributed by atoms with E-state index in [1.165, 1.54) is 0 Å². The Bertz CT molecular complexity index is 380. The Kier molecular flexibility index (Phi) is 4.59. The van der Waals surface area contributed by atoms with E-state index in [0.717, 1.165) is 24.9 Å². The molecule has 0 aromatic heterocycles. The quantitative estimate of drug-likeness (QED) is 0.891. The van der Waals surface area contributed by atoms with Crippen molar-refractivity contribution in [3.05, 3.63) is 35.9 Å². The minimum absolute atomic E-state index is 0.141. The Hall–Kier alpha value is -1.55. The number of aliphatic hydroxyl groups excluding tert-OH is 1. The van der Waals surface area contributed by atoms with Gasteiger partial charge in [0.1, 0.15) is 6.61 Å². The van der Waals surface area contributed by atoms with Gasteiger partial charge in [0.25, 0.3) is 0 Å². The topological polar surface area (TPSA) is 49.8 Å². The third-order valence-corrected chi connectivity index (χ3v) is 3.24. The first-order valence-electron chi connectivity index (χ1n) is 6.36. The second kappa shape index (κ2) is 6.40. The summed E-state index contributed by atoms with van der Waals surface area (Å²) in [5, 5.41) is 9.12. The number of likely N-dealkylation sites (tertiary alicyclic amines) is 1. The minimum atomic E-state index is -0.281. The molecule has 0 radical (unpaired) electrons. The van der Waals surface area contributed by atoms with Crippen LogP contribution in [0.3, 0.4) is 0 Å². The van der Waals surface area contributed by atoms with Crippen molar-refractivity contribution >= 4 is 6.09 Å². The molecule has 0 saturated carbocycles. The van der Waals surface area contributed by atoms with Gasteiger partial charge < -0.3 is 14.7 Å². The number of carbonyl (C=O) groups is 1. The standard InChI is InChI=1S/C14H19NO3/c16-10-13-7-4-8-15(9-13)14(17)18-11-12-5-2-1-3-6-12/h1-3,5-6,13,16H,4,7-11H2/t13-/m1/s1. The fraction of sp³-hybridized carbons (Fsp3) is 0.500. The summed E-state index contributed by atoms with van der Waals surface area (Å²) >= 11 is 0. The lowest BCUT2D eigenvalue weighted by atomic mass is 10.00. The van der Waals surface area contributed by atoms with Gasteiger partial charge in [0.05, 0.1) is 0 Å². The van der Waals surface area contributed by atoms with Crippen molar-refractivity contribution in [1.29, 1.82) is 0 Å². The molecule has 1 aliphatic heterocycles. The third kappa shape index (κ3) is 3.47. The zero-order valence-corrected chi connectivity index (χ0v) is 10.4. The van der Waals surface area contributed by atoms with E-state index in [1.54, 1.807) is 4.90 Å². The van der Waals surface area contributed by atoms with Gasteiger partial charge in [0, 0.05) is 19.7 Å². The van der Waals surface area contributed by atoms with Crippen LogP contribution in [0.1, 0.15) is 18.4 Å². The molecule has 0 unspecified atom stereocenters. The van der Waals surface area contributed by atoms with E-state index in [2.05, 4.69) is 0 Å². The molecule has 4 heteroatoms. The molecule has 1 fully saturated rings. The number of hydrogen-bond donors (Lipinski definition) is 1. The fourth-order valence-corrected chi connectivity index (χ4v) is 2.19. The molecule has 2 rings (SSSR count). The van der Waals surface area contributed by atoms with Crippen LogP contribution in [-0.4, -0.2) is 35.8 Å². The van der Waals surface area contributed by atoms with Gasteiger partial charge in [-0.15, -0.1) is 0 Å². The van der Waals surface area contributed by atoms with Gasteiger partial charge in [-0.1, -0.05) is 30.3 Å². The zero-order chi connectivity index (χ0) is 12.8. The number of rotatable bonds is 3. The van der Waals surface area contributed by atoms with E-state index < -0.39 is 0 Å². The molecule has 0 aliphatic carbocycles. The molecular weight excluding hydrogens is 230 g/mol. The average Bonchev–Trinajstić information content (AvgIpc) is 2.46. The van der Waals surface area contributed by atoms with Crippen molar-refractivity contribution < 1.29 is 14.6 Å². The molecular formula is C14H19NO3. The summed E-state index contributed by atoms with van der Waals surface area (Å²) in [7, 11) is 0. The molecule has 0 bridgehead atoms. The molecule has 1 aliphatic rings. The summed E-state index contributed by atoms with van der Waals surface area (Å²) in [4.78, 5) is 13.5. The molecule has 1 aromatic carbocycles. The second-order valence-electron chi connectivity index (χ2n) is 4.68. The third-order valence-electron chi connectivity index (χ3n) is 3.24. The Morgan fingerprint density at radius 3 is 2.89 bits per heavy atom. The molecule has 1 aromatic rings. The molecule has 0 spiro atoms. The van der Waals surface area contributed by atoms with E-state index in [0.29, 0.717) is 13.2 Å². The van der Waals surface area contributed by atoms with Crippen molar-refractivity contribution in [1.82, 2.24) is 4.90 Å². The lowest BCUT2D eigenvalue weighted by Gasteiger charge is -2.31. The van der Waals surface area contributed by atoms with Crippen molar-refractivity contribution in [3.8, 4) is 0 Å². The van der Waals surface area contributed by atoms with Crippen molar-refractivity contribution in [3.63, 3.8) is 0 Å². The van der Waals surface area contributed by atoms with Gasteiger partial charge >= 0.3 is 6.09 Å². The maximum absolute atomic E-state index is 11.9. The first-order valence-corrected chi connectivity index (χ1v) is 6.36. The number of nitrogens with zero attached hydrogens (tertiary/aromatic N) is 1. The zero-order valence-electron chi connectivity index (χ0n) is 10.4. The number of aliphatic hydroxyl groups is 1. The number of piperidine rings is 1. The van der Waals surface area contributed by atoms with E-state index >= 15 is 0 Å². The highest BCUT2D eigenvalue weighted by Gasteiger charge is 2.23. The lowest BCUT2D eigenvalue weighted by molar-refractivity contribution is 0.0686. The Labute approximate surface area is 107 Å². The van der Waals surface area contributed by atoms with Gasteiger partial charge in [0.15, 0.2) is 0 Å². The Morgan fingerprint density at radius 1 is 1.39 bits per heavy atom. The van der Waals surface area contributed by atoms with Gasteiger partial charge in [-0.05, 0) is 24.3 Å². The van der Waals surface area contributed by atoms with Gasteiger partial charge in [0.2, 0.25) is 0 Å². The molecule has 98 valence electrons. The number of carbonyl (C=O) groups excluding carboxylic acids is 1. The largest absolute Gasteiger partial charge is 0.445 e. The molecule has 1 N–H and O–H groups in total. The summed E-state index contributed by atoms with van der Waals surface area (Å²) in [5.41, 5.74) is 0.988. The lowest BCUT2D eigenvalue weighted by Crippen LogP contribution is -2.41. The van der Waals surface area contributed by atoms with Crippen molar-refractivity contribution in [2.24, 2.45) is 5.92 Å². The molecule has 18 heavy (non-hydrogen) atoms. The van der Waals surface area contributed by atoms with Crippen LogP contribution >= 0.6 is 0 Å². The van der Waals surface area contributed by atoms with Gasteiger partial charge in [-0.2, -0.15) is 0 Å². The molecule has 4 nitrogen and oxygen atoms in total. The summed E-state index contributed by atoms with van der Waals surface area (Å²) in [6.45, 7) is 1.77. The molecule has 1 atom stereocenters. The van der Waals surface area contributed by atoms with E-state index in [-0.39, 0.29) is 18.6 Å². The average molecular weight is 249 g/mol. The number of hydrogen-bond acceptors (Lipinski definition) is 3. The van der Waals surface area contributed by atoms with E-state index in [1.807, 2.05) is 30.3 Å². The van der Waals surface area contributed by atoms with Crippen LogP contribution < -0.4 is 0 Å². The molecule has 1 heterocycles.